The molecule has 0 fully saturated rings. The molecule has 0 spiro atoms. The Labute approximate surface area is 124 Å². The van der Waals surface area contributed by atoms with Crippen LogP contribution in [0.1, 0.15) is 31.1 Å². The molecule has 1 aromatic carbocycles. The average molecular weight is 288 g/mol. The number of non-ortho nitro benzene ring substituents is 1. The summed E-state index contributed by atoms with van der Waals surface area (Å²) in [5.74, 6) is 0.190. The molecule has 5 nitrogen and oxygen atoms in total. The molecule has 1 heterocycles. The van der Waals surface area contributed by atoms with Crippen molar-refractivity contribution in [2.24, 2.45) is 5.92 Å². The lowest BCUT2D eigenvalue weighted by molar-refractivity contribution is -0.384. The molecular formula is C16H20N2O3. The molecule has 112 valence electrons. The van der Waals surface area contributed by atoms with E-state index in [-0.39, 0.29) is 11.6 Å². The topological polar surface area (TPSA) is 68.3 Å². The van der Waals surface area contributed by atoms with Crippen LogP contribution in [0.4, 0.5) is 5.69 Å². The zero-order valence-electron chi connectivity index (χ0n) is 12.3. The molecule has 1 atom stereocenters. The van der Waals surface area contributed by atoms with Crippen molar-refractivity contribution in [1.82, 2.24) is 4.57 Å². The fourth-order valence-corrected chi connectivity index (χ4v) is 2.20. The van der Waals surface area contributed by atoms with Gasteiger partial charge in [-0.3, -0.25) is 10.1 Å². The van der Waals surface area contributed by atoms with Gasteiger partial charge >= 0.3 is 0 Å². The number of nitrogens with zero attached hydrogens (tertiary/aromatic N) is 2. The summed E-state index contributed by atoms with van der Waals surface area (Å²) >= 11 is 0. The molecule has 5 heteroatoms. The molecule has 1 N–H and O–H groups in total. The monoisotopic (exact) mass is 288 g/mol. The van der Waals surface area contributed by atoms with Gasteiger partial charge in [0.2, 0.25) is 0 Å². The van der Waals surface area contributed by atoms with Crippen LogP contribution in [0.5, 0.6) is 0 Å². The minimum Gasteiger partial charge on any atom is -0.388 e. The predicted octanol–water partition coefficient (Wildman–Crippen LogP) is 3.33. The Morgan fingerprint density at radius 1 is 1.24 bits per heavy atom. The first-order chi connectivity index (χ1) is 9.97. The highest BCUT2D eigenvalue weighted by Gasteiger charge is 2.13. The average Bonchev–Trinajstić information content (AvgIpc) is 2.93. The van der Waals surface area contributed by atoms with E-state index < -0.39 is 11.0 Å². The zero-order chi connectivity index (χ0) is 15.4. The fraction of sp³-hybridized carbons (Fsp3) is 0.375. The summed E-state index contributed by atoms with van der Waals surface area (Å²) in [5, 5.41) is 20.6. The van der Waals surface area contributed by atoms with E-state index in [0.29, 0.717) is 0 Å². The Kier molecular flexibility index (Phi) is 4.75. The minimum atomic E-state index is -0.439. The van der Waals surface area contributed by atoms with Crippen LogP contribution in [0.3, 0.4) is 0 Å². The number of rotatable bonds is 6. The van der Waals surface area contributed by atoms with Crippen molar-refractivity contribution >= 4 is 5.69 Å². The van der Waals surface area contributed by atoms with E-state index in [2.05, 4.69) is 0 Å². The van der Waals surface area contributed by atoms with Crippen LogP contribution in [0, 0.1) is 16.0 Å². The van der Waals surface area contributed by atoms with Crippen molar-refractivity contribution in [2.45, 2.75) is 32.9 Å². The van der Waals surface area contributed by atoms with Gasteiger partial charge < -0.3 is 9.67 Å². The van der Waals surface area contributed by atoms with Gasteiger partial charge in [0.1, 0.15) is 0 Å². The van der Waals surface area contributed by atoms with Crippen molar-refractivity contribution in [3.8, 4) is 0 Å². The first-order valence-corrected chi connectivity index (χ1v) is 7.04. The van der Waals surface area contributed by atoms with Crippen molar-refractivity contribution in [3.63, 3.8) is 0 Å². The number of nitro groups is 1. The number of aromatic nitrogens is 1. The Hall–Kier alpha value is -2.14. The maximum Gasteiger partial charge on any atom is 0.269 e. The highest BCUT2D eigenvalue weighted by Crippen LogP contribution is 2.21. The second-order valence-corrected chi connectivity index (χ2v) is 5.55. The van der Waals surface area contributed by atoms with E-state index >= 15 is 0 Å². The molecule has 2 rings (SSSR count). The van der Waals surface area contributed by atoms with Crippen LogP contribution < -0.4 is 0 Å². The number of nitro benzene ring substituents is 1. The summed E-state index contributed by atoms with van der Waals surface area (Å²) in [7, 11) is 0. The Morgan fingerprint density at radius 3 is 2.48 bits per heavy atom. The van der Waals surface area contributed by atoms with E-state index in [9.17, 15) is 15.2 Å². The molecule has 0 radical (unpaired) electrons. The number of benzene rings is 1. The molecule has 0 amide bonds. The fourth-order valence-electron chi connectivity index (χ4n) is 2.20. The first-order valence-electron chi connectivity index (χ1n) is 7.04. The number of aliphatic hydroxyl groups is 1. The van der Waals surface area contributed by atoms with Gasteiger partial charge in [-0.05, 0) is 29.5 Å². The summed E-state index contributed by atoms with van der Waals surface area (Å²) in [5.41, 5.74) is 2.09. The zero-order valence-corrected chi connectivity index (χ0v) is 12.3. The maximum atomic E-state index is 10.6. The number of hydrogen-bond acceptors (Lipinski definition) is 3. The van der Waals surface area contributed by atoms with E-state index in [1.165, 1.54) is 12.1 Å². The van der Waals surface area contributed by atoms with Crippen molar-refractivity contribution in [1.29, 1.82) is 0 Å². The Morgan fingerprint density at radius 2 is 1.90 bits per heavy atom. The quantitative estimate of drug-likeness (QED) is 0.655. The van der Waals surface area contributed by atoms with Crippen molar-refractivity contribution in [2.75, 3.05) is 0 Å². The normalized spacial score (nSPS) is 12.6. The first kappa shape index (κ1) is 15.3. The summed E-state index contributed by atoms with van der Waals surface area (Å²) in [6, 6.07) is 8.55. The third-order valence-corrected chi connectivity index (χ3v) is 3.55. The van der Waals surface area contributed by atoms with Crippen LogP contribution in [-0.4, -0.2) is 14.6 Å². The molecular weight excluding hydrogens is 268 g/mol. The Bertz CT molecular complexity index is 602. The van der Waals surface area contributed by atoms with Crippen molar-refractivity contribution in [3.05, 3.63) is 64.0 Å². The molecule has 0 aliphatic rings. The number of hydrogen-bond donors (Lipinski definition) is 1. The number of aryl methyl sites for hydroxylation is 2. The highest BCUT2D eigenvalue weighted by atomic mass is 16.6. The standard InChI is InChI=1S/C16H20N2O3/c1-12(2)16(19)14-8-10-17(11-14)9-7-13-3-5-15(6-4-13)18(20)21/h3-6,8,10-12,16,19H,7,9H2,1-2H3. The molecule has 0 bridgehead atoms. The lowest BCUT2D eigenvalue weighted by atomic mass is 10.0. The maximum absolute atomic E-state index is 10.6. The van der Waals surface area contributed by atoms with Crippen LogP contribution >= 0.6 is 0 Å². The number of aliphatic hydroxyl groups excluding tert-OH is 1. The van der Waals surface area contributed by atoms with E-state index in [1.807, 2.05) is 36.9 Å². The van der Waals surface area contributed by atoms with Crippen LogP contribution in [-0.2, 0) is 13.0 Å². The molecule has 21 heavy (non-hydrogen) atoms. The summed E-state index contributed by atoms with van der Waals surface area (Å²) in [6.45, 7) is 4.75. The molecule has 1 unspecified atom stereocenters. The minimum absolute atomic E-state index is 0.113. The van der Waals surface area contributed by atoms with Crippen LogP contribution in [0.15, 0.2) is 42.7 Å². The van der Waals surface area contributed by atoms with Gasteiger partial charge in [-0.15, -0.1) is 0 Å². The summed E-state index contributed by atoms with van der Waals surface area (Å²) in [6.07, 6.45) is 4.26. The van der Waals surface area contributed by atoms with E-state index in [4.69, 9.17) is 0 Å². The van der Waals surface area contributed by atoms with Gasteiger partial charge in [-0.2, -0.15) is 0 Å². The lowest BCUT2D eigenvalue weighted by Gasteiger charge is -2.12. The van der Waals surface area contributed by atoms with E-state index in [1.54, 1.807) is 12.1 Å². The van der Waals surface area contributed by atoms with Gasteiger partial charge in [0.05, 0.1) is 11.0 Å². The largest absolute Gasteiger partial charge is 0.388 e. The van der Waals surface area contributed by atoms with Gasteiger partial charge in [0, 0.05) is 31.1 Å². The van der Waals surface area contributed by atoms with Gasteiger partial charge in [-0.1, -0.05) is 26.0 Å². The Balaban J connectivity index is 1.95. The summed E-state index contributed by atoms with van der Waals surface area (Å²) in [4.78, 5) is 10.2. The third kappa shape index (κ3) is 3.92. The third-order valence-electron chi connectivity index (χ3n) is 3.55. The highest BCUT2D eigenvalue weighted by molar-refractivity contribution is 5.32. The second-order valence-electron chi connectivity index (χ2n) is 5.55. The second kappa shape index (κ2) is 6.54. The van der Waals surface area contributed by atoms with Crippen LogP contribution in [0.25, 0.3) is 0 Å². The molecule has 2 aromatic rings. The van der Waals surface area contributed by atoms with Gasteiger partial charge in [0.25, 0.3) is 5.69 Å². The smallest absolute Gasteiger partial charge is 0.269 e. The molecule has 0 aliphatic heterocycles. The SMILES string of the molecule is CC(C)C(O)c1ccn(CCc2ccc([N+](=O)[O-])cc2)c1. The van der Waals surface area contributed by atoms with Crippen molar-refractivity contribution < 1.29 is 10.0 Å². The molecule has 0 aliphatic carbocycles. The summed E-state index contributed by atoms with van der Waals surface area (Å²) < 4.78 is 2.03. The molecule has 1 aromatic heterocycles. The van der Waals surface area contributed by atoms with Crippen LogP contribution in [0.2, 0.25) is 0 Å². The molecule has 0 saturated carbocycles. The lowest BCUT2D eigenvalue weighted by Crippen LogP contribution is -2.04. The van der Waals surface area contributed by atoms with Gasteiger partial charge in [0.15, 0.2) is 0 Å². The van der Waals surface area contributed by atoms with E-state index in [0.717, 1.165) is 24.1 Å². The predicted molar refractivity (Wildman–Crippen MR) is 81.0 cm³/mol. The van der Waals surface area contributed by atoms with Gasteiger partial charge in [-0.25, -0.2) is 0 Å². The molecule has 0 saturated heterocycles.